The Bertz CT molecular complexity index is 276. The third-order valence-electron chi connectivity index (χ3n) is 2.57. The molecule has 0 amide bonds. The molecule has 0 bridgehead atoms. The maximum absolute atomic E-state index is 5.20. The van der Waals surface area contributed by atoms with Crippen LogP contribution >= 0.6 is 0 Å². The lowest BCUT2D eigenvalue weighted by Gasteiger charge is -2.20. The first-order chi connectivity index (χ1) is 6.70. The zero-order valence-corrected chi connectivity index (χ0v) is 9.42. The van der Waals surface area contributed by atoms with Gasteiger partial charge in [0.1, 0.15) is 0 Å². The summed E-state index contributed by atoms with van der Waals surface area (Å²) in [5, 5.41) is 3.28. The monoisotopic (exact) mass is 193 g/mol. The van der Waals surface area contributed by atoms with Crippen LogP contribution in [0.2, 0.25) is 0 Å². The molecule has 0 aliphatic heterocycles. The zero-order valence-electron chi connectivity index (χ0n) is 9.42. The van der Waals surface area contributed by atoms with Crippen LogP contribution in [0.4, 0.5) is 0 Å². The molecule has 0 radical (unpaired) electrons. The van der Waals surface area contributed by atoms with Crippen LogP contribution in [0, 0.1) is 13.8 Å². The fourth-order valence-electron chi connectivity index (χ4n) is 1.85. The summed E-state index contributed by atoms with van der Waals surface area (Å²) in [6.07, 6.45) is 0. The Morgan fingerprint density at radius 3 is 2.29 bits per heavy atom. The van der Waals surface area contributed by atoms with Crippen LogP contribution < -0.4 is 5.32 Å². The molecule has 2 heteroatoms. The van der Waals surface area contributed by atoms with E-state index in [0.29, 0.717) is 12.6 Å². The SMILES string of the molecule is CNC(COC)c1c(C)cccc1C. The number of methoxy groups -OCH3 is 1. The molecule has 1 N–H and O–H groups in total. The number of ether oxygens (including phenoxy) is 1. The van der Waals surface area contributed by atoms with Gasteiger partial charge in [0, 0.05) is 7.11 Å². The molecular formula is C12H19NO. The second-order valence-corrected chi connectivity index (χ2v) is 3.60. The summed E-state index contributed by atoms with van der Waals surface area (Å²) in [5.74, 6) is 0. The molecule has 1 atom stereocenters. The molecule has 1 unspecified atom stereocenters. The van der Waals surface area contributed by atoms with Crippen molar-refractivity contribution in [3.05, 3.63) is 34.9 Å². The number of hydrogen-bond donors (Lipinski definition) is 1. The van der Waals surface area contributed by atoms with Crippen LogP contribution in [-0.2, 0) is 4.74 Å². The van der Waals surface area contributed by atoms with Crippen LogP contribution in [0.25, 0.3) is 0 Å². The fraction of sp³-hybridized carbons (Fsp3) is 0.500. The summed E-state index contributed by atoms with van der Waals surface area (Å²) in [5.41, 5.74) is 4.00. The summed E-state index contributed by atoms with van der Waals surface area (Å²) in [4.78, 5) is 0. The molecule has 1 rings (SSSR count). The van der Waals surface area contributed by atoms with Crippen LogP contribution in [-0.4, -0.2) is 20.8 Å². The summed E-state index contributed by atoms with van der Waals surface area (Å²) in [6, 6.07) is 6.67. The molecule has 0 saturated carbocycles. The van der Waals surface area contributed by atoms with Gasteiger partial charge in [-0.1, -0.05) is 18.2 Å². The summed E-state index contributed by atoms with van der Waals surface area (Å²) < 4.78 is 5.20. The highest BCUT2D eigenvalue weighted by Crippen LogP contribution is 2.21. The molecule has 0 saturated heterocycles. The number of aryl methyl sites for hydroxylation is 2. The number of nitrogens with one attached hydrogen (secondary N) is 1. The van der Waals surface area contributed by atoms with Crippen molar-refractivity contribution >= 4 is 0 Å². The molecule has 0 aliphatic rings. The van der Waals surface area contributed by atoms with Crippen LogP contribution in [0.1, 0.15) is 22.7 Å². The lowest BCUT2D eigenvalue weighted by Crippen LogP contribution is -2.22. The van der Waals surface area contributed by atoms with Crippen LogP contribution in [0.3, 0.4) is 0 Å². The number of rotatable bonds is 4. The van der Waals surface area contributed by atoms with Gasteiger partial charge in [0.15, 0.2) is 0 Å². The first-order valence-electron chi connectivity index (χ1n) is 4.93. The maximum atomic E-state index is 5.20. The Morgan fingerprint density at radius 2 is 1.86 bits per heavy atom. The zero-order chi connectivity index (χ0) is 10.6. The highest BCUT2D eigenvalue weighted by molar-refractivity contribution is 5.36. The van der Waals surface area contributed by atoms with E-state index in [9.17, 15) is 0 Å². The predicted molar refractivity (Wildman–Crippen MR) is 59.6 cm³/mol. The molecule has 78 valence electrons. The highest BCUT2D eigenvalue weighted by Gasteiger charge is 2.13. The molecule has 0 heterocycles. The van der Waals surface area contributed by atoms with E-state index in [2.05, 4.69) is 37.4 Å². The lowest BCUT2D eigenvalue weighted by atomic mass is 9.97. The van der Waals surface area contributed by atoms with Crippen molar-refractivity contribution in [2.75, 3.05) is 20.8 Å². The quantitative estimate of drug-likeness (QED) is 0.791. The Labute approximate surface area is 86.3 Å². The molecule has 2 nitrogen and oxygen atoms in total. The van der Waals surface area contributed by atoms with E-state index >= 15 is 0 Å². The third kappa shape index (κ3) is 2.34. The lowest BCUT2D eigenvalue weighted by molar-refractivity contribution is 0.170. The highest BCUT2D eigenvalue weighted by atomic mass is 16.5. The van der Waals surface area contributed by atoms with Crippen molar-refractivity contribution in [3.8, 4) is 0 Å². The van der Waals surface area contributed by atoms with Gasteiger partial charge in [-0.05, 0) is 37.6 Å². The molecule has 1 aromatic carbocycles. The van der Waals surface area contributed by atoms with Gasteiger partial charge in [-0.25, -0.2) is 0 Å². The Morgan fingerprint density at radius 1 is 1.29 bits per heavy atom. The topological polar surface area (TPSA) is 21.3 Å². The Hall–Kier alpha value is -0.860. The molecule has 0 aromatic heterocycles. The number of hydrogen-bond acceptors (Lipinski definition) is 2. The number of likely N-dealkylation sites (N-methyl/N-ethyl adjacent to an activating group) is 1. The first-order valence-corrected chi connectivity index (χ1v) is 4.93. The largest absolute Gasteiger partial charge is 0.383 e. The van der Waals surface area contributed by atoms with Gasteiger partial charge >= 0.3 is 0 Å². The van der Waals surface area contributed by atoms with Crippen molar-refractivity contribution < 1.29 is 4.74 Å². The Balaban J connectivity index is 3.02. The summed E-state index contributed by atoms with van der Waals surface area (Å²) in [6.45, 7) is 4.99. The average Bonchev–Trinajstić information content (AvgIpc) is 2.16. The second-order valence-electron chi connectivity index (χ2n) is 3.60. The maximum Gasteiger partial charge on any atom is 0.0657 e. The van der Waals surface area contributed by atoms with E-state index in [4.69, 9.17) is 4.74 Å². The predicted octanol–water partition coefficient (Wildman–Crippen LogP) is 2.21. The van der Waals surface area contributed by atoms with E-state index in [-0.39, 0.29) is 0 Å². The van der Waals surface area contributed by atoms with Gasteiger partial charge in [-0.15, -0.1) is 0 Å². The van der Waals surface area contributed by atoms with Crippen LogP contribution in [0.15, 0.2) is 18.2 Å². The molecule has 0 spiro atoms. The molecule has 0 fully saturated rings. The van der Waals surface area contributed by atoms with E-state index in [1.807, 2.05) is 7.05 Å². The molecule has 0 aliphatic carbocycles. The Kier molecular flexibility index (Phi) is 4.11. The van der Waals surface area contributed by atoms with Crippen molar-refractivity contribution in [1.29, 1.82) is 0 Å². The van der Waals surface area contributed by atoms with Gasteiger partial charge in [-0.3, -0.25) is 0 Å². The van der Waals surface area contributed by atoms with Crippen LogP contribution in [0.5, 0.6) is 0 Å². The second kappa shape index (κ2) is 5.13. The fourth-order valence-corrected chi connectivity index (χ4v) is 1.85. The van der Waals surface area contributed by atoms with Crippen molar-refractivity contribution in [3.63, 3.8) is 0 Å². The smallest absolute Gasteiger partial charge is 0.0657 e. The third-order valence-corrected chi connectivity index (χ3v) is 2.57. The van der Waals surface area contributed by atoms with Gasteiger partial charge in [0.2, 0.25) is 0 Å². The van der Waals surface area contributed by atoms with E-state index in [1.54, 1.807) is 7.11 Å². The van der Waals surface area contributed by atoms with Crippen molar-refractivity contribution in [2.45, 2.75) is 19.9 Å². The summed E-state index contributed by atoms with van der Waals surface area (Å²) >= 11 is 0. The van der Waals surface area contributed by atoms with Gasteiger partial charge in [0.05, 0.1) is 12.6 Å². The van der Waals surface area contributed by atoms with E-state index in [1.165, 1.54) is 16.7 Å². The summed E-state index contributed by atoms with van der Waals surface area (Å²) in [7, 11) is 3.70. The van der Waals surface area contributed by atoms with Gasteiger partial charge in [0.25, 0.3) is 0 Å². The van der Waals surface area contributed by atoms with Crippen molar-refractivity contribution in [1.82, 2.24) is 5.32 Å². The van der Waals surface area contributed by atoms with E-state index < -0.39 is 0 Å². The normalized spacial score (nSPS) is 12.9. The molecule has 1 aromatic rings. The minimum atomic E-state index is 0.293. The van der Waals surface area contributed by atoms with E-state index in [0.717, 1.165) is 0 Å². The molecule has 14 heavy (non-hydrogen) atoms. The van der Waals surface area contributed by atoms with Crippen molar-refractivity contribution in [2.24, 2.45) is 0 Å². The standard InChI is InChI=1S/C12H19NO/c1-9-6-5-7-10(2)12(9)11(13-3)8-14-4/h5-7,11,13H,8H2,1-4H3. The van der Waals surface area contributed by atoms with Gasteiger partial charge in [-0.2, -0.15) is 0 Å². The average molecular weight is 193 g/mol. The minimum Gasteiger partial charge on any atom is -0.383 e. The molecular weight excluding hydrogens is 174 g/mol. The van der Waals surface area contributed by atoms with Gasteiger partial charge < -0.3 is 10.1 Å². The minimum absolute atomic E-state index is 0.293. The first kappa shape index (κ1) is 11.2. The number of benzene rings is 1.